The number of anilines is 4. The lowest BCUT2D eigenvalue weighted by Crippen LogP contribution is -2.46. The van der Waals surface area contributed by atoms with E-state index in [9.17, 15) is 4.79 Å². The number of aromatic amines is 1. The van der Waals surface area contributed by atoms with Crippen LogP contribution < -0.4 is 16.0 Å². The number of likely N-dealkylation sites (N-methyl/N-ethyl adjacent to an activating group) is 1. The first-order valence-electron chi connectivity index (χ1n) is 11.6. The second-order valence-corrected chi connectivity index (χ2v) is 9.28. The Hall–Kier alpha value is -3.24. The van der Waals surface area contributed by atoms with Gasteiger partial charge in [-0.15, -0.1) is 0 Å². The zero-order chi connectivity index (χ0) is 25.1. The molecule has 0 bridgehead atoms. The van der Waals surface area contributed by atoms with Crippen molar-refractivity contribution >= 4 is 40.8 Å². The SMILES string of the molecule is CNC(C)C(=O)N1CCC(c2cc(F)c(Nc3ncc(Cl)c(Nc4cc(C)[nH]n4)n3)cc2C)CC1. The van der Waals surface area contributed by atoms with Gasteiger partial charge in [0.15, 0.2) is 11.6 Å². The van der Waals surface area contributed by atoms with Crippen LogP contribution in [0.3, 0.4) is 0 Å². The number of halogens is 2. The predicted molar refractivity (Wildman–Crippen MR) is 135 cm³/mol. The molecule has 1 fully saturated rings. The van der Waals surface area contributed by atoms with Crippen LogP contribution in [0.4, 0.5) is 27.7 Å². The Morgan fingerprint density at radius 1 is 1.23 bits per heavy atom. The number of rotatable bonds is 7. The number of carbonyl (C=O) groups excluding carboxylic acids is 1. The summed E-state index contributed by atoms with van der Waals surface area (Å²) in [6.07, 6.45) is 3.05. The number of hydrogen-bond acceptors (Lipinski definition) is 7. The van der Waals surface area contributed by atoms with Gasteiger partial charge in [-0.05, 0) is 69.8 Å². The van der Waals surface area contributed by atoms with E-state index in [4.69, 9.17) is 11.6 Å². The quantitative estimate of drug-likeness (QED) is 0.380. The van der Waals surface area contributed by atoms with Gasteiger partial charge in [0.05, 0.1) is 17.9 Å². The van der Waals surface area contributed by atoms with Gasteiger partial charge in [-0.3, -0.25) is 9.89 Å². The fraction of sp³-hybridized carbons (Fsp3) is 0.417. The second kappa shape index (κ2) is 10.6. The Kier molecular flexibility index (Phi) is 7.51. The van der Waals surface area contributed by atoms with E-state index in [2.05, 4.69) is 36.1 Å². The summed E-state index contributed by atoms with van der Waals surface area (Å²) in [7, 11) is 1.78. The third-order valence-corrected chi connectivity index (χ3v) is 6.63. The molecule has 1 atom stereocenters. The van der Waals surface area contributed by atoms with Crippen LogP contribution >= 0.6 is 11.6 Å². The molecular weight excluding hydrogens is 471 g/mol. The molecule has 1 aliphatic heterocycles. The zero-order valence-electron chi connectivity index (χ0n) is 20.2. The van der Waals surface area contributed by atoms with Gasteiger partial charge in [0.2, 0.25) is 11.9 Å². The molecule has 2 aromatic heterocycles. The smallest absolute Gasteiger partial charge is 0.239 e. The van der Waals surface area contributed by atoms with E-state index in [1.807, 2.05) is 31.7 Å². The number of nitrogens with one attached hydrogen (secondary N) is 4. The van der Waals surface area contributed by atoms with Crippen molar-refractivity contribution in [1.82, 2.24) is 30.4 Å². The lowest BCUT2D eigenvalue weighted by atomic mass is 9.86. The number of nitrogens with zero attached hydrogens (tertiary/aromatic N) is 4. The minimum Gasteiger partial charge on any atom is -0.341 e. The highest BCUT2D eigenvalue weighted by atomic mass is 35.5. The maximum absolute atomic E-state index is 15.1. The number of amides is 1. The van der Waals surface area contributed by atoms with Crippen LogP contribution in [-0.2, 0) is 4.79 Å². The number of piperidine rings is 1. The molecule has 11 heteroatoms. The van der Waals surface area contributed by atoms with E-state index in [0.717, 1.165) is 29.7 Å². The van der Waals surface area contributed by atoms with Gasteiger partial charge >= 0.3 is 0 Å². The van der Waals surface area contributed by atoms with Crippen molar-refractivity contribution in [1.29, 1.82) is 0 Å². The van der Waals surface area contributed by atoms with Gasteiger partial charge in [-0.25, -0.2) is 9.37 Å². The Balaban J connectivity index is 1.46. The highest BCUT2D eigenvalue weighted by molar-refractivity contribution is 6.32. The first kappa shape index (κ1) is 24.9. The molecule has 1 unspecified atom stereocenters. The van der Waals surface area contributed by atoms with Crippen LogP contribution in [-0.4, -0.2) is 57.2 Å². The van der Waals surface area contributed by atoms with E-state index >= 15 is 4.39 Å². The molecule has 1 aromatic carbocycles. The molecule has 1 aliphatic rings. The van der Waals surface area contributed by atoms with Crippen molar-refractivity contribution in [3.63, 3.8) is 0 Å². The molecule has 3 heterocycles. The molecule has 0 aliphatic carbocycles. The molecule has 0 radical (unpaired) electrons. The Labute approximate surface area is 208 Å². The van der Waals surface area contributed by atoms with Gasteiger partial charge in [-0.2, -0.15) is 10.1 Å². The van der Waals surface area contributed by atoms with Crippen LogP contribution in [0, 0.1) is 19.7 Å². The first-order chi connectivity index (χ1) is 16.7. The van der Waals surface area contributed by atoms with E-state index in [1.54, 1.807) is 19.2 Å². The molecule has 0 spiro atoms. The monoisotopic (exact) mass is 500 g/mol. The van der Waals surface area contributed by atoms with E-state index in [-0.39, 0.29) is 35.3 Å². The van der Waals surface area contributed by atoms with Crippen LogP contribution in [0.25, 0.3) is 0 Å². The summed E-state index contributed by atoms with van der Waals surface area (Å²) in [5.74, 6) is 1.05. The fourth-order valence-corrected chi connectivity index (χ4v) is 4.42. The van der Waals surface area contributed by atoms with Gasteiger partial charge < -0.3 is 20.9 Å². The molecule has 4 rings (SSSR count). The maximum atomic E-state index is 15.1. The number of carbonyl (C=O) groups is 1. The third kappa shape index (κ3) is 5.71. The minimum absolute atomic E-state index is 0.104. The number of hydrogen-bond donors (Lipinski definition) is 4. The van der Waals surface area contributed by atoms with Gasteiger partial charge in [0.25, 0.3) is 0 Å². The lowest BCUT2D eigenvalue weighted by Gasteiger charge is -2.34. The number of H-pyrrole nitrogens is 1. The summed E-state index contributed by atoms with van der Waals surface area (Å²) in [5, 5.41) is 16.2. The number of benzene rings is 1. The first-order valence-corrected chi connectivity index (χ1v) is 12.0. The largest absolute Gasteiger partial charge is 0.341 e. The highest BCUT2D eigenvalue weighted by Gasteiger charge is 2.27. The van der Waals surface area contributed by atoms with Crippen LogP contribution in [0.2, 0.25) is 5.02 Å². The topological polar surface area (TPSA) is 111 Å². The second-order valence-electron chi connectivity index (χ2n) is 8.87. The number of likely N-dealkylation sites (tertiary alicyclic amines) is 1. The van der Waals surface area contributed by atoms with Crippen molar-refractivity contribution in [2.75, 3.05) is 30.8 Å². The molecular formula is C24H30ClFN8O. The summed E-state index contributed by atoms with van der Waals surface area (Å²) in [4.78, 5) is 22.9. The summed E-state index contributed by atoms with van der Waals surface area (Å²) < 4.78 is 15.1. The summed E-state index contributed by atoms with van der Waals surface area (Å²) >= 11 is 6.22. The Morgan fingerprint density at radius 2 is 1.97 bits per heavy atom. The van der Waals surface area contributed by atoms with Crippen LogP contribution in [0.1, 0.15) is 42.5 Å². The molecule has 3 aromatic rings. The minimum atomic E-state index is -0.385. The molecule has 0 saturated carbocycles. The Morgan fingerprint density at radius 3 is 2.63 bits per heavy atom. The Bertz CT molecular complexity index is 1210. The van der Waals surface area contributed by atoms with Gasteiger partial charge in [0.1, 0.15) is 10.8 Å². The molecule has 4 N–H and O–H groups in total. The summed E-state index contributed by atoms with van der Waals surface area (Å²) in [6.45, 7) is 7.05. The van der Waals surface area contributed by atoms with E-state index in [1.165, 1.54) is 6.20 Å². The van der Waals surface area contributed by atoms with Crippen molar-refractivity contribution in [2.24, 2.45) is 0 Å². The van der Waals surface area contributed by atoms with Crippen molar-refractivity contribution in [3.05, 3.63) is 52.1 Å². The average Bonchev–Trinajstić information content (AvgIpc) is 3.26. The lowest BCUT2D eigenvalue weighted by molar-refractivity contribution is -0.133. The summed E-state index contributed by atoms with van der Waals surface area (Å²) in [5.41, 5.74) is 3.11. The van der Waals surface area contributed by atoms with Crippen molar-refractivity contribution in [2.45, 2.75) is 45.6 Å². The van der Waals surface area contributed by atoms with Crippen LogP contribution in [0.5, 0.6) is 0 Å². The summed E-state index contributed by atoms with van der Waals surface area (Å²) in [6, 6.07) is 4.96. The molecule has 186 valence electrons. The predicted octanol–water partition coefficient (Wildman–Crippen LogP) is 4.41. The third-order valence-electron chi connectivity index (χ3n) is 6.35. The fourth-order valence-electron chi connectivity index (χ4n) is 4.28. The maximum Gasteiger partial charge on any atom is 0.239 e. The zero-order valence-corrected chi connectivity index (χ0v) is 21.0. The van der Waals surface area contributed by atoms with Crippen molar-refractivity contribution in [3.8, 4) is 0 Å². The average molecular weight is 501 g/mol. The molecule has 35 heavy (non-hydrogen) atoms. The van der Waals surface area contributed by atoms with Crippen LogP contribution in [0.15, 0.2) is 24.4 Å². The highest BCUT2D eigenvalue weighted by Crippen LogP contribution is 2.34. The van der Waals surface area contributed by atoms with Gasteiger partial charge in [0, 0.05) is 24.8 Å². The number of aromatic nitrogens is 4. The molecule has 1 amide bonds. The normalized spacial score (nSPS) is 15.2. The van der Waals surface area contributed by atoms with E-state index < -0.39 is 0 Å². The van der Waals surface area contributed by atoms with E-state index in [0.29, 0.717) is 29.7 Å². The number of aryl methyl sites for hydroxylation is 2. The van der Waals surface area contributed by atoms with Gasteiger partial charge in [-0.1, -0.05) is 11.6 Å². The van der Waals surface area contributed by atoms with Crippen molar-refractivity contribution < 1.29 is 9.18 Å². The molecule has 9 nitrogen and oxygen atoms in total. The standard InChI is InChI=1S/C24H30ClFN8O/c1-13-9-20(29-24-28-12-18(25)22(31-24)30-21-10-14(2)32-33-21)19(26)11-17(13)16-5-7-34(8-6-16)23(35)15(3)27-4/h9-12,15-16,27H,5-8H2,1-4H3,(H3,28,29,30,31,32,33). The molecule has 1 saturated heterocycles.